The zero-order valence-electron chi connectivity index (χ0n) is 8.84. The van der Waals surface area contributed by atoms with Gasteiger partial charge in [-0.2, -0.15) is 0 Å². The van der Waals surface area contributed by atoms with Crippen LogP contribution >= 0.6 is 0 Å². The molecule has 0 saturated heterocycles. The molecule has 0 aromatic rings. The van der Waals surface area contributed by atoms with Crippen molar-refractivity contribution in [2.24, 2.45) is 5.92 Å². The number of carbonyl (C=O) groups is 2. The van der Waals surface area contributed by atoms with Crippen LogP contribution in [0, 0.1) is 5.92 Å². The molecule has 1 aliphatic carbocycles. The number of amides is 1. The molecule has 1 saturated carbocycles. The number of rotatable bonds is 5. The van der Waals surface area contributed by atoms with E-state index in [0.717, 1.165) is 18.9 Å². The first kappa shape index (κ1) is 11.2. The van der Waals surface area contributed by atoms with Crippen LogP contribution in [0.2, 0.25) is 0 Å². The highest BCUT2D eigenvalue weighted by atomic mass is 16.2. The van der Waals surface area contributed by atoms with Gasteiger partial charge in [0.15, 0.2) is 0 Å². The van der Waals surface area contributed by atoms with Gasteiger partial charge in [0.1, 0.15) is 5.78 Å². The fraction of sp³-hybridized carbons (Fsp3) is 0.818. The minimum absolute atomic E-state index is 0.0324. The van der Waals surface area contributed by atoms with Crippen LogP contribution in [0.4, 0.5) is 0 Å². The highest BCUT2D eigenvalue weighted by Gasteiger charge is 2.14. The van der Waals surface area contributed by atoms with E-state index in [1.807, 2.05) is 0 Å². The Bertz CT molecular complexity index is 207. The average Bonchev–Trinajstić information content (AvgIpc) is 2.55. The Morgan fingerprint density at radius 1 is 1.29 bits per heavy atom. The summed E-state index contributed by atoms with van der Waals surface area (Å²) in [6.45, 7) is 2.17. The number of hydrogen-bond acceptors (Lipinski definition) is 2. The topological polar surface area (TPSA) is 46.2 Å². The van der Waals surface area contributed by atoms with Crippen LogP contribution in [0.25, 0.3) is 0 Å². The molecule has 80 valence electrons. The Labute approximate surface area is 85.3 Å². The lowest BCUT2D eigenvalue weighted by Gasteiger charge is -2.08. The second-order valence-corrected chi connectivity index (χ2v) is 4.17. The lowest BCUT2D eigenvalue weighted by Crippen LogP contribution is -2.26. The molecule has 14 heavy (non-hydrogen) atoms. The van der Waals surface area contributed by atoms with E-state index in [1.54, 1.807) is 0 Å². The van der Waals surface area contributed by atoms with E-state index < -0.39 is 0 Å². The van der Waals surface area contributed by atoms with Crippen molar-refractivity contribution in [1.29, 1.82) is 0 Å². The smallest absolute Gasteiger partial charge is 0.227 e. The maximum atomic E-state index is 11.1. The Morgan fingerprint density at radius 3 is 2.50 bits per heavy atom. The van der Waals surface area contributed by atoms with Crippen molar-refractivity contribution in [2.75, 3.05) is 6.54 Å². The number of nitrogens with one attached hydrogen (secondary N) is 1. The molecule has 0 unspecified atom stereocenters. The third-order valence-corrected chi connectivity index (χ3v) is 2.76. The van der Waals surface area contributed by atoms with Crippen molar-refractivity contribution < 1.29 is 9.59 Å². The van der Waals surface area contributed by atoms with Crippen molar-refractivity contribution in [2.45, 2.75) is 45.4 Å². The van der Waals surface area contributed by atoms with Gasteiger partial charge >= 0.3 is 0 Å². The van der Waals surface area contributed by atoms with Crippen LogP contribution in [-0.2, 0) is 9.59 Å². The van der Waals surface area contributed by atoms with Gasteiger partial charge in [0.2, 0.25) is 5.91 Å². The van der Waals surface area contributed by atoms with Crippen LogP contribution in [0.5, 0.6) is 0 Å². The van der Waals surface area contributed by atoms with E-state index in [4.69, 9.17) is 0 Å². The standard InChI is InChI=1S/C11H19NO2/c1-9(13)8-11(14)12-7-6-10-4-2-3-5-10/h10H,2-8H2,1H3,(H,12,14). The van der Waals surface area contributed by atoms with Crippen LogP contribution < -0.4 is 5.32 Å². The fourth-order valence-corrected chi connectivity index (χ4v) is 2.00. The number of ketones is 1. The quantitative estimate of drug-likeness (QED) is 0.681. The monoisotopic (exact) mass is 197 g/mol. The van der Waals surface area contributed by atoms with Crippen molar-refractivity contribution in [3.63, 3.8) is 0 Å². The summed E-state index contributed by atoms with van der Waals surface area (Å²) in [6.07, 6.45) is 6.40. The number of carbonyl (C=O) groups excluding carboxylic acids is 2. The molecule has 1 rings (SSSR count). The molecular weight excluding hydrogens is 178 g/mol. The van der Waals surface area contributed by atoms with Gasteiger partial charge in [0.05, 0.1) is 6.42 Å². The molecule has 1 fully saturated rings. The van der Waals surface area contributed by atoms with E-state index in [9.17, 15) is 9.59 Å². The number of hydrogen-bond donors (Lipinski definition) is 1. The van der Waals surface area contributed by atoms with E-state index in [1.165, 1.54) is 32.6 Å². The second kappa shape index (κ2) is 5.78. The SMILES string of the molecule is CC(=O)CC(=O)NCCC1CCCC1. The predicted molar refractivity (Wildman–Crippen MR) is 54.9 cm³/mol. The normalized spacial score (nSPS) is 16.9. The van der Waals surface area contributed by atoms with Gasteiger partial charge in [-0.25, -0.2) is 0 Å². The molecule has 3 nitrogen and oxygen atoms in total. The van der Waals surface area contributed by atoms with Crippen molar-refractivity contribution >= 4 is 11.7 Å². The Balaban J connectivity index is 2.02. The zero-order valence-corrected chi connectivity index (χ0v) is 8.84. The van der Waals surface area contributed by atoms with Gasteiger partial charge < -0.3 is 5.32 Å². The molecule has 0 aromatic heterocycles. The molecule has 0 aliphatic heterocycles. The largest absolute Gasteiger partial charge is 0.356 e. The molecular formula is C11H19NO2. The number of Topliss-reactive ketones (excluding diaryl/α,β-unsaturated/α-hetero) is 1. The van der Waals surface area contributed by atoms with Crippen LogP contribution in [0.3, 0.4) is 0 Å². The molecule has 1 aliphatic rings. The summed E-state index contributed by atoms with van der Waals surface area (Å²) in [5.74, 6) is 0.603. The minimum Gasteiger partial charge on any atom is -0.356 e. The summed E-state index contributed by atoms with van der Waals surface area (Å²) >= 11 is 0. The molecule has 3 heteroatoms. The summed E-state index contributed by atoms with van der Waals surface area (Å²) < 4.78 is 0. The molecule has 0 bridgehead atoms. The third kappa shape index (κ3) is 4.40. The molecule has 0 radical (unpaired) electrons. The van der Waals surface area contributed by atoms with Crippen molar-refractivity contribution in [3.05, 3.63) is 0 Å². The van der Waals surface area contributed by atoms with Gasteiger partial charge in [-0.05, 0) is 19.3 Å². The summed E-state index contributed by atoms with van der Waals surface area (Å²) in [6, 6.07) is 0. The fourth-order valence-electron chi connectivity index (χ4n) is 2.00. The van der Waals surface area contributed by atoms with Gasteiger partial charge in [0.25, 0.3) is 0 Å². The first-order chi connectivity index (χ1) is 6.68. The predicted octanol–water partition coefficient (Wildman–Crippen LogP) is 1.66. The molecule has 0 heterocycles. The second-order valence-electron chi connectivity index (χ2n) is 4.17. The average molecular weight is 197 g/mol. The van der Waals surface area contributed by atoms with Gasteiger partial charge in [-0.1, -0.05) is 25.7 Å². The van der Waals surface area contributed by atoms with Gasteiger partial charge in [-0.3, -0.25) is 9.59 Å². The molecule has 0 aromatic carbocycles. The molecule has 1 N–H and O–H groups in total. The molecule has 1 amide bonds. The lowest BCUT2D eigenvalue weighted by atomic mass is 10.0. The van der Waals surface area contributed by atoms with E-state index in [0.29, 0.717) is 0 Å². The van der Waals surface area contributed by atoms with Crippen molar-refractivity contribution in [1.82, 2.24) is 5.32 Å². The Hall–Kier alpha value is -0.860. The summed E-state index contributed by atoms with van der Waals surface area (Å²) in [5.41, 5.74) is 0. The van der Waals surface area contributed by atoms with E-state index in [-0.39, 0.29) is 18.1 Å². The van der Waals surface area contributed by atoms with E-state index in [2.05, 4.69) is 5.32 Å². The summed E-state index contributed by atoms with van der Waals surface area (Å²) in [5, 5.41) is 2.78. The Kier molecular flexibility index (Phi) is 4.63. The summed E-state index contributed by atoms with van der Waals surface area (Å²) in [4.78, 5) is 21.7. The van der Waals surface area contributed by atoms with Crippen LogP contribution in [-0.4, -0.2) is 18.2 Å². The van der Waals surface area contributed by atoms with E-state index >= 15 is 0 Å². The first-order valence-electron chi connectivity index (χ1n) is 5.44. The first-order valence-corrected chi connectivity index (χ1v) is 5.44. The lowest BCUT2D eigenvalue weighted by molar-refractivity contribution is -0.127. The maximum Gasteiger partial charge on any atom is 0.227 e. The molecule has 0 spiro atoms. The minimum atomic E-state index is -0.129. The maximum absolute atomic E-state index is 11.1. The van der Waals surface area contributed by atoms with Crippen molar-refractivity contribution in [3.8, 4) is 0 Å². The highest BCUT2D eigenvalue weighted by Crippen LogP contribution is 2.26. The van der Waals surface area contributed by atoms with Gasteiger partial charge in [-0.15, -0.1) is 0 Å². The summed E-state index contributed by atoms with van der Waals surface area (Å²) in [7, 11) is 0. The van der Waals surface area contributed by atoms with Crippen LogP contribution in [0.15, 0.2) is 0 Å². The van der Waals surface area contributed by atoms with Gasteiger partial charge in [0, 0.05) is 6.54 Å². The van der Waals surface area contributed by atoms with Crippen LogP contribution in [0.1, 0.15) is 45.4 Å². The highest BCUT2D eigenvalue weighted by molar-refractivity contribution is 5.96. The molecule has 0 atom stereocenters. The third-order valence-electron chi connectivity index (χ3n) is 2.76. The Morgan fingerprint density at radius 2 is 1.93 bits per heavy atom. The zero-order chi connectivity index (χ0) is 10.4.